The quantitative estimate of drug-likeness (QED) is 0.545. The molecule has 0 aliphatic carbocycles. The zero-order valence-corrected chi connectivity index (χ0v) is 13.6. The van der Waals surface area contributed by atoms with Crippen LogP contribution in [0, 0.1) is 0 Å². The smallest absolute Gasteiger partial charge is 0.305 e. The van der Waals surface area contributed by atoms with Gasteiger partial charge in [-0.2, -0.15) is 4.80 Å². The second-order valence-corrected chi connectivity index (χ2v) is 5.82. The van der Waals surface area contributed by atoms with Crippen LogP contribution in [0.4, 0.5) is 0 Å². The summed E-state index contributed by atoms with van der Waals surface area (Å²) in [5.41, 5.74) is 0.935. The zero-order valence-electron chi connectivity index (χ0n) is 13.6. The molecule has 1 aromatic heterocycles. The van der Waals surface area contributed by atoms with Crippen LogP contribution in [0.15, 0.2) is 30.3 Å². The van der Waals surface area contributed by atoms with E-state index in [1.54, 1.807) is 0 Å². The van der Waals surface area contributed by atoms with Crippen LogP contribution >= 0.6 is 0 Å². The largest absolute Gasteiger partial charge is 0.466 e. The molecule has 2 aromatic rings. The van der Waals surface area contributed by atoms with E-state index in [1.807, 2.05) is 30.3 Å². The molecule has 1 aliphatic rings. The predicted octanol–water partition coefficient (Wildman–Crippen LogP) is 2.23. The third-order valence-electron chi connectivity index (χ3n) is 3.94. The van der Waals surface area contributed by atoms with Crippen molar-refractivity contribution in [2.24, 2.45) is 0 Å². The molecular weight excluding hydrogens is 308 g/mol. The van der Waals surface area contributed by atoms with Crippen molar-refractivity contribution in [1.29, 1.82) is 0 Å². The van der Waals surface area contributed by atoms with Crippen molar-refractivity contribution < 1.29 is 14.3 Å². The maximum Gasteiger partial charge on any atom is 0.305 e. The Morgan fingerprint density at radius 1 is 1.33 bits per heavy atom. The van der Waals surface area contributed by atoms with E-state index in [1.165, 1.54) is 4.80 Å². The molecule has 1 aromatic carbocycles. The highest BCUT2D eigenvalue weighted by Crippen LogP contribution is 2.17. The summed E-state index contributed by atoms with van der Waals surface area (Å²) in [6.45, 7) is 1.75. The third kappa shape index (κ3) is 4.86. The number of ether oxygens (including phenoxy) is 2. The number of benzene rings is 1. The lowest BCUT2D eigenvalue weighted by atomic mass is 10.1. The Labute approximate surface area is 141 Å². The molecule has 0 bridgehead atoms. The van der Waals surface area contributed by atoms with E-state index >= 15 is 0 Å². The number of carbonyl (C=O) groups excluding carboxylic acids is 1. The highest BCUT2D eigenvalue weighted by Gasteiger charge is 2.17. The molecule has 128 valence electrons. The lowest BCUT2D eigenvalue weighted by Crippen LogP contribution is -2.13. The minimum Gasteiger partial charge on any atom is -0.466 e. The van der Waals surface area contributed by atoms with Gasteiger partial charge >= 0.3 is 5.97 Å². The minimum atomic E-state index is -0.165. The van der Waals surface area contributed by atoms with Crippen molar-refractivity contribution in [2.75, 3.05) is 13.2 Å². The van der Waals surface area contributed by atoms with Crippen LogP contribution in [0.1, 0.15) is 32.1 Å². The van der Waals surface area contributed by atoms with Gasteiger partial charge in [0.15, 0.2) is 0 Å². The van der Waals surface area contributed by atoms with Gasteiger partial charge in [-0.3, -0.25) is 4.79 Å². The molecule has 3 rings (SSSR count). The molecule has 0 spiro atoms. The van der Waals surface area contributed by atoms with Gasteiger partial charge in [-0.15, -0.1) is 10.2 Å². The van der Waals surface area contributed by atoms with Crippen LogP contribution in [0.3, 0.4) is 0 Å². The van der Waals surface area contributed by atoms with Gasteiger partial charge in [-0.05, 0) is 24.5 Å². The van der Waals surface area contributed by atoms with E-state index in [4.69, 9.17) is 9.47 Å². The van der Waals surface area contributed by atoms with Crippen LogP contribution in [-0.4, -0.2) is 45.5 Å². The van der Waals surface area contributed by atoms with Crippen LogP contribution < -0.4 is 0 Å². The summed E-state index contributed by atoms with van der Waals surface area (Å²) < 4.78 is 10.7. The van der Waals surface area contributed by atoms with Crippen molar-refractivity contribution >= 4 is 5.97 Å². The van der Waals surface area contributed by atoms with E-state index in [9.17, 15) is 4.79 Å². The monoisotopic (exact) mass is 330 g/mol. The molecule has 1 fully saturated rings. The highest BCUT2D eigenvalue weighted by molar-refractivity contribution is 5.69. The van der Waals surface area contributed by atoms with E-state index in [-0.39, 0.29) is 12.1 Å². The average Bonchev–Trinajstić information content (AvgIpc) is 3.29. The first-order valence-corrected chi connectivity index (χ1v) is 8.42. The molecule has 7 heteroatoms. The highest BCUT2D eigenvalue weighted by atomic mass is 16.5. The molecule has 0 radical (unpaired) electrons. The van der Waals surface area contributed by atoms with Crippen LogP contribution in [0.2, 0.25) is 0 Å². The van der Waals surface area contributed by atoms with Crippen LogP contribution in [-0.2, 0) is 20.8 Å². The zero-order chi connectivity index (χ0) is 16.6. The second-order valence-electron chi connectivity index (χ2n) is 5.82. The van der Waals surface area contributed by atoms with Crippen molar-refractivity contribution in [3.63, 3.8) is 0 Å². The number of rotatable bonds is 8. The van der Waals surface area contributed by atoms with Gasteiger partial charge in [0.1, 0.15) is 0 Å². The molecular formula is C17H22N4O3. The second kappa shape index (κ2) is 8.54. The van der Waals surface area contributed by atoms with E-state index in [2.05, 4.69) is 15.4 Å². The molecule has 1 atom stereocenters. The Kier molecular flexibility index (Phi) is 5.90. The maximum absolute atomic E-state index is 11.7. The van der Waals surface area contributed by atoms with Crippen molar-refractivity contribution in [3.05, 3.63) is 30.3 Å². The molecule has 0 N–H and O–H groups in total. The van der Waals surface area contributed by atoms with Crippen LogP contribution in [0.5, 0.6) is 0 Å². The summed E-state index contributed by atoms with van der Waals surface area (Å²) in [6, 6.07) is 9.70. The number of carbonyl (C=O) groups is 1. The summed E-state index contributed by atoms with van der Waals surface area (Å²) in [4.78, 5) is 13.2. The van der Waals surface area contributed by atoms with Crippen molar-refractivity contribution in [1.82, 2.24) is 20.2 Å². The number of esters is 1. The molecule has 2 heterocycles. The third-order valence-corrected chi connectivity index (χ3v) is 3.94. The van der Waals surface area contributed by atoms with Crippen molar-refractivity contribution in [2.45, 2.75) is 44.8 Å². The number of hydrogen-bond acceptors (Lipinski definition) is 6. The van der Waals surface area contributed by atoms with Crippen LogP contribution in [0.25, 0.3) is 11.4 Å². The van der Waals surface area contributed by atoms with Gasteiger partial charge in [0, 0.05) is 25.0 Å². The summed E-state index contributed by atoms with van der Waals surface area (Å²) >= 11 is 0. The van der Waals surface area contributed by atoms with Gasteiger partial charge in [-0.1, -0.05) is 30.3 Å². The minimum absolute atomic E-state index is 0.165. The number of aryl methyl sites for hydroxylation is 1. The molecule has 0 unspecified atom stereocenters. The SMILES string of the molecule is O=C(CC[C@@H]1CCCO1)OCCCn1nnc(-c2ccccc2)n1. The Morgan fingerprint density at radius 3 is 3.00 bits per heavy atom. The van der Waals surface area contributed by atoms with Crippen molar-refractivity contribution in [3.8, 4) is 11.4 Å². The fourth-order valence-electron chi connectivity index (χ4n) is 2.66. The number of tetrazole rings is 1. The fraction of sp³-hybridized carbons (Fsp3) is 0.529. The molecule has 24 heavy (non-hydrogen) atoms. The predicted molar refractivity (Wildman–Crippen MR) is 87.0 cm³/mol. The molecule has 0 saturated carbocycles. The first-order chi connectivity index (χ1) is 11.8. The van der Waals surface area contributed by atoms with Gasteiger partial charge < -0.3 is 9.47 Å². The summed E-state index contributed by atoms with van der Waals surface area (Å²) in [5.74, 6) is 0.436. The average molecular weight is 330 g/mol. The lowest BCUT2D eigenvalue weighted by molar-refractivity contribution is -0.144. The molecule has 7 nitrogen and oxygen atoms in total. The standard InChI is InChI=1S/C17H22N4O3/c22-16(10-9-15-8-4-12-23-15)24-13-5-11-21-19-17(18-20-21)14-6-2-1-3-7-14/h1-3,6-7,15H,4-5,8-13H2/t15-/m0/s1. The Morgan fingerprint density at radius 2 is 2.21 bits per heavy atom. The first-order valence-electron chi connectivity index (χ1n) is 8.42. The summed E-state index contributed by atoms with van der Waals surface area (Å²) in [6.07, 6.45) is 4.21. The van der Waals surface area contributed by atoms with E-state index < -0.39 is 0 Å². The summed E-state index contributed by atoms with van der Waals surface area (Å²) in [7, 11) is 0. The van der Waals surface area contributed by atoms with E-state index in [0.29, 0.717) is 31.8 Å². The molecule has 1 saturated heterocycles. The number of hydrogen-bond donors (Lipinski definition) is 0. The number of nitrogens with zero attached hydrogens (tertiary/aromatic N) is 4. The Balaban J connectivity index is 1.33. The lowest BCUT2D eigenvalue weighted by Gasteiger charge is -2.08. The van der Waals surface area contributed by atoms with E-state index in [0.717, 1.165) is 31.4 Å². The molecule has 1 aliphatic heterocycles. The number of aromatic nitrogens is 4. The van der Waals surface area contributed by atoms with Gasteiger partial charge in [0.25, 0.3) is 0 Å². The normalized spacial score (nSPS) is 17.1. The van der Waals surface area contributed by atoms with Gasteiger partial charge in [0.2, 0.25) is 5.82 Å². The summed E-state index contributed by atoms with van der Waals surface area (Å²) in [5, 5.41) is 12.4. The van der Waals surface area contributed by atoms with Gasteiger partial charge in [-0.25, -0.2) is 0 Å². The molecule has 0 amide bonds. The topological polar surface area (TPSA) is 79.1 Å². The first kappa shape index (κ1) is 16.6. The fourth-order valence-corrected chi connectivity index (χ4v) is 2.66. The Bertz CT molecular complexity index is 638. The van der Waals surface area contributed by atoms with Gasteiger partial charge in [0.05, 0.1) is 19.3 Å². The maximum atomic E-state index is 11.7. The Hall–Kier alpha value is -2.28.